The molecule has 0 aliphatic carbocycles. The van der Waals surface area contributed by atoms with E-state index in [4.69, 9.17) is 0 Å². The number of thiazole rings is 1. The first-order chi connectivity index (χ1) is 15.3. The lowest BCUT2D eigenvalue weighted by Crippen LogP contribution is -2.39. The maximum atomic E-state index is 13.0. The lowest BCUT2D eigenvalue weighted by Gasteiger charge is -2.27. The van der Waals surface area contributed by atoms with Crippen LogP contribution in [-0.2, 0) is 6.54 Å². The van der Waals surface area contributed by atoms with Crippen LogP contribution in [-0.4, -0.2) is 58.9 Å². The van der Waals surface area contributed by atoms with Crippen molar-refractivity contribution in [1.82, 2.24) is 20.1 Å². The molecule has 2 heterocycles. The highest BCUT2D eigenvalue weighted by atomic mass is 32.1. The number of para-hydroxylation sites is 1. The standard InChI is InChI=1S/C24H35N5O2S/c1-17(2)29(24(31)27-22-18(3)9-8-10-19(22)4)15-21-26-20(16-32-21)23(30)25-11-14-28-12-6-5-7-13-28/h8-10,16-17H,5-7,11-15H2,1-4H3,(H,25,30)(H,27,31). The van der Waals surface area contributed by atoms with E-state index in [0.29, 0.717) is 18.8 Å². The van der Waals surface area contributed by atoms with Crippen molar-refractivity contribution in [3.05, 3.63) is 45.4 Å². The van der Waals surface area contributed by atoms with Crippen molar-refractivity contribution in [1.29, 1.82) is 0 Å². The van der Waals surface area contributed by atoms with Gasteiger partial charge in [0.05, 0.1) is 6.54 Å². The number of carbonyl (C=O) groups is 2. The number of anilines is 1. The van der Waals surface area contributed by atoms with E-state index in [1.165, 1.54) is 30.6 Å². The van der Waals surface area contributed by atoms with Gasteiger partial charge in [0.2, 0.25) is 0 Å². The Kier molecular flexibility index (Phi) is 8.64. The second-order valence-corrected chi connectivity index (χ2v) is 9.65. The highest BCUT2D eigenvalue weighted by Crippen LogP contribution is 2.21. The summed E-state index contributed by atoms with van der Waals surface area (Å²) in [5.41, 5.74) is 3.32. The average Bonchev–Trinajstić information content (AvgIpc) is 3.24. The molecule has 0 unspecified atom stereocenters. The third-order valence-corrected chi connectivity index (χ3v) is 6.68. The van der Waals surface area contributed by atoms with Gasteiger partial charge in [-0.25, -0.2) is 9.78 Å². The number of hydrogen-bond acceptors (Lipinski definition) is 5. The van der Waals surface area contributed by atoms with Crippen molar-refractivity contribution >= 4 is 29.0 Å². The summed E-state index contributed by atoms with van der Waals surface area (Å²) in [6.45, 7) is 12.0. The Balaban J connectivity index is 1.56. The number of nitrogens with zero attached hydrogens (tertiary/aromatic N) is 3. The van der Waals surface area contributed by atoms with Crippen molar-refractivity contribution in [2.45, 2.75) is 59.5 Å². The maximum Gasteiger partial charge on any atom is 0.322 e. The van der Waals surface area contributed by atoms with Gasteiger partial charge in [0.25, 0.3) is 5.91 Å². The third kappa shape index (κ3) is 6.53. The zero-order chi connectivity index (χ0) is 23.1. The van der Waals surface area contributed by atoms with Crippen LogP contribution in [0, 0.1) is 13.8 Å². The Morgan fingerprint density at radius 1 is 1.16 bits per heavy atom. The quantitative estimate of drug-likeness (QED) is 0.615. The summed E-state index contributed by atoms with van der Waals surface area (Å²) < 4.78 is 0. The van der Waals surface area contributed by atoms with Gasteiger partial charge >= 0.3 is 6.03 Å². The van der Waals surface area contributed by atoms with Gasteiger partial charge < -0.3 is 20.4 Å². The summed E-state index contributed by atoms with van der Waals surface area (Å²) >= 11 is 1.41. The fraction of sp³-hybridized carbons (Fsp3) is 0.542. The number of benzene rings is 1. The van der Waals surface area contributed by atoms with Crippen LogP contribution in [0.2, 0.25) is 0 Å². The fourth-order valence-corrected chi connectivity index (χ4v) is 4.69. The van der Waals surface area contributed by atoms with Gasteiger partial charge in [0.15, 0.2) is 0 Å². The van der Waals surface area contributed by atoms with Crippen molar-refractivity contribution in [2.75, 3.05) is 31.5 Å². The van der Waals surface area contributed by atoms with Gasteiger partial charge in [-0.15, -0.1) is 11.3 Å². The molecule has 1 aromatic heterocycles. The monoisotopic (exact) mass is 457 g/mol. The van der Waals surface area contributed by atoms with E-state index >= 15 is 0 Å². The Morgan fingerprint density at radius 2 is 1.84 bits per heavy atom. The highest BCUT2D eigenvalue weighted by Gasteiger charge is 2.21. The minimum absolute atomic E-state index is 0.00922. The minimum atomic E-state index is -0.167. The van der Waals surface area contributed by atoms with E-state index in [0.717, 1.165) is 41.5 Å². The molecule has 1 aromatic carbocycles. The van der Waals surface area contributed by atoms with Gasteiger partial charge in [0, 0.05) is 30.2 Å². The molecule has 0 radical (unpaired) electrons. The number of nitrogens with one attached hydrogen (secondary N) is 2. The lowest BCUT2D eigenvalue weighted by molar-refractivity contribution is 0.0942. The van der Waals surface area contributed by atoms with E-state index in [-0.39, 0.29) is 18.0 Å². The Bertz CT molecular complexity index is 901. The summed E-state index contributed by atoms with van der Waals surface area (Å²) in [5.74, 6) is -0.152. The van der Waals surface area contributed by atoms with E-state index in [1.807, 2.05) is 45.9 Å². The van der Waals surface area contributed by atoms with Gasteiger partial charge in [-0.3, -0.25) is 4.79 Å². The molecule has 1 aliphatic rings. The molecule has 0 spiro atoms. The van der Waals surface area contributed by atoms with Crippen molar-refractivity contribution < 1.29 is 9.59 Å². The Hall–Kier alpha value is -2.45. The molecule has 1 aliphatic heterocycles. The molecule has 1 fully saturated rings. The summed E-state index contributed by atoms with van der Waals surface area (Å²) in [5, 5.41) is 8.54. The van der Waals surface area contributed by atoms with Crippen LogP contribution < -0.4 is 10.6 Å². The summed E-state index contributed by atoms with van der Waals surface area (Å²) in [6.07, 6.45) is 3.79. The molecule has 8 heteroatoms. The van der Waals surface area contributed by atoms with Crippen molar-refractivity contribution in [3.8, 4) is 0 Å². The molecule has 3 amide bonds. The summed E-state index contributed by atoms with van der Waals surface area (Å²) in [6, 6.07) is 5.78. The number of carbonyl (C=O) groups excluding carboxylic acids is 2. The number of piperidine rings is 1. The first-order valence-corrected chi connectivity index (χ1v) is 12.3. The molecule has 174 valence electrons. The topological polar surface area (TPSA) is 77.6 Å². The molecule has 7 nitrogen and oxygen atoms in total. The number of aryl methyl sites for hydroxylation is 2. The molecular weight excluding hydrogens is 422 g/mol. The molecule has 3 rings (SSSR count). The number of hydrogen-bond donors (Lipinski definition) is 2. The summed E-state index contributed by atoms with van der Waals surface area (Å²) in [4.78, 5) is 34.1. The molecular formula is C24H35N5O2S. The Labute approximate surface area is 195 Å². The molecule has 0 bridgehead atoms. The predicted octanol–water partition coefficient (Wildman–Crippen LogP) is 4.42. The zero-order valence-corrected chi connectivity index (χ0v) is 20.4. The fourth-order valence-electron chi connectivity index (χ4n) is 3.91. The van der Waals surface area contributed by atoms with Crippen LogP contribution >= 0.6 is 11.3 Å². The van der Waals surface area contributed by atoms with Crippen LogP contribution in [0.15, 0.2) is 23.6 Å². The SMILES string of the molecule is Cc1cccc(C)c1NC(=O)N(Cc1nc(C(=O)NCCN2CCCCC2)cs1)C(C)C. The van der Waals surface area contributed by atoms with Crippen LogP contribution in [0.3, 0.4) is 0 Å². The zero-order valence-electron chi connectivity index (χ0n) is 19.6. The number of amides is 3. The second-order valence-electron chi connectivity index (χ2n) is 8.70. The van der Waals surface area contributed by atoms with Crippen LogP contribution in [0.1, 0.15) is 59.7 Å². The minimum Gasteiger partial charge on any atom is -0.349 e. The molecule has 32 heavy (non-hydrogen) atoms. The molecule has 2 aromatic rings. The number of rotatable bonds is 8. The van der Waals surface area contributed by atoms with E-state index in [2.05, 4.69) is 20.5 Å². The van der Waals surface area contributed by atoms with Crippen LogP contribution in [0.4, 0.5) is 10.5 Å². The van der Waals surface area contributed by atoms with E-state index in [9.17, 15) is 9.59 Å². The highest BCUT2D eigenvalue weighted by molar-refractivity contribution is 7.09. The van der Waals surface area contributed by atoms with Crippen LogP contribution in [0.25, 0.3) is 0 Å². The van der Waals surface area contributed by atoms with Crippen LogP contribution in [0.5, 0.6) is 0 Å². The maximum absolute atomic E-state index is 13.0. The molecule has 1 saturated heterocycles. The van der Waals surface area contributed by atoms with E-state index < -0.39 is 0 Å². The molecule has 0 saturated carbocycles. The summed E-state index contributed by atoms with van der Waals surface area (Å²) in [7, 11) is 0. The smallest absolute Gasteiger partial charge is 0.322 e. The van der Waals surface area contributed by atoms with Gasteiger partial charge in [-0.1, -0.05) is 24.6 Å². The van der Waals surface area contributed by atoms with Gasteiger partial charge in [-0.2, -0.15) is 0 Å². The Morgan fingerprint density at radius 3 is 2.50 bits per heavy atom. The van der Waals surface area contributed by atoms with Gasteiger partial charge in [-0.05, 0) is 64.8 Å². The molecule has 0 atom stereocenters. The first-order valence-electron chi connectivity index (χ1n) is 11.4. The second kappa shape index (κ2) is 11.4. The van der Waals surface area contributed by atoms with Crippen molar-refractivity contribution in [2.24, 2.45) is 0 Å². The van der Waals surface area contributed by atoms with Crippen molar-refractivity contribution in [3.63, 3.8) is 0 Å². The van der Waals surface area contributed by atoms with E-state index in [1.54, 1.807) is 10.3 Å². The lowest BCUT2D eigenvalue weighted by atomic mass is 10.1. The number of likely N-dealkylation sites (tertiary alicyclic amines) is 1. The third-order valence-electron chi connectivity index (χ3n) is 5.85. The number of aromatic nitrogens is 1. The predicted molar refractivity (Wildman–Crippen MR) is 130 cm³/mol. The number of urea groups is 1. The average molecular weight is 458 g/mol. The normalized spacial score (nSPS) is 14.4. The van der Waals surface area contributed by atoms with Gasteiger partial charge in [0.1, 0.15) is 10.7 Å². The largest absolute Gasteiger partial charge is 0.349 e. The molecule has 2 N–H and O–H groups in total. The first kappa shape index (κ1) is 24.2.